The molecule has 0 saturated heterocycles. The van der Waals surface area contributed by atoms with Crippen LogP contribution in [0.1, 0.15) is 19.7 Å². The Balaban J connectivity index is 1.98. The van der Waals surface area contributed by atoms with E-state index in [1.807, 2.05) is 37.6 Å². The molecule has 0 amide bonds. The normalized spacial score (nSPS) is 11.9. The van der Waals surface area contributed by atoms with Crippen LogP contribution in [0, 0.1) is 0 Å². The van der Waals surface area contributed by atoms with E-state index in [2.05, 4.69) is 31.2 Å². The van der Waals surface area contributed by atoms with Gasteiger partial charge in [0.15, 0.2) is 0 Å². The molecule has 0 radical (unpaired) electrons. The molecule has 0 aliphatic heterocycles. The summed E-state index contributed by atoms with van der Waals surface area (Å²) in [6.07, 6.45) is 3.62. The van der Waals surface area contributed by atoms with Crippen LogP contribution in [-0.4, -0.2) is 19.9 Å². The van der Waals surface area contributed by atoms with E-state index in [1.54, 1.807) is 22.2 Å². The van der Waals surface area contributed by atoms with Gasteiger partial charge in [-0.05, 0) is 41.2 Å². The van der Waals surface area contributed by atoms with E-state index in [4.69, 9.17) is 4.52 Å². The van der Waals surface area contributed by atoms with Crippen LogP contribution in [0.3, 0.4) is 0 Å². The van der Waals surface area contributed by atoms with Crippen molar-refractivity contribution >= 4 is 27.3 Å². The Morgan fingerprint density at radius 2 is 2.26 bits per heavy atom. The van der Waals surface area contributed by atoms with Crippen molar-refractivity contribution in [2.24, 2.45) is 0 Å². The lowest BCUT2D eigenvalue weighted by Gasteiger charge is -2.20. The highest BCUT2D eigenvalue weighted by atomic mass is 79.9. The van der Waals surface area contributed by atoms with Crippen molar-refractivity contribution in [3.05, 3.63) is 40.3 Å². The molecule has 3 aromatic rings. The predicted octanol–water partition coefficient (Wildman–Crippen LogP) is 3.54. The second-order valence-electron chi connectivity index (χ2n) is 4.56. The van der Waals surface area contributed by atoms with Gasteiger partial charge in [-0.2, -0.15) is 10.1 Å². The molecule has 3 rings (SSSR count). The Kier molecular flexibility index (Phi) is 3.02. The number of halogens is 1. The fraction of sp³-hybridized carbons (Fsp3) is 0.250. The van der Waals surface area contributed by atoms with Crippen molar-refractivity contribution < 1.29 is 4.52 Å². The average molecular weight is 339 g/mol. The molecule has 0 aromatic carbocycles. The summed E-state index contributed by atoms with van der Waals surface area (Å²) in [4.78, 5) is 5.46. The lowest BCUT2D eigenvalue weighted by atomic mass is 10.1. The topological polar surface area (TPSA) is 56.7 Å². The quantitative estimate of drug-likeness (QED) is 0.732. The summed E-state index contributed by atoms with van der Waals surface area (Å²) in [6, 6.07) is 3.93. The largest absolute Gasteiger partial charge is 0.336 e. The monoisotopic (exact) mass is 338 g/mol. The Morgan fingerprint density at radius 3 is 2.89 bits per heavy atom. The van der Waals surface area contributed by atoms with Crippen molar-refractivity contribution in [2.75, 3.05) is 0 Å². The zero-order chi connectivity index (χ0) is 13.5. The molecule has 19 heavy (non-hydrogen) atoms. The summed E-state index contributed by atoms with van der Waals surface area (Å²) in [5, 5.41) is 10.3. The summed E-state index contributed by atoms with van der Waals surface area (Å²) >= 11 is 4.97. The van der Waals surface area contributed by atoms with E-state index in [1.165, 1.54) is 0 Å². The van der Waals surface area contributed by atoms with E-state index in [-0.39, 0.29) is 0 Å². The second kappa shape index (κ2) is 4.57. The van der Waals surface area contributed by atoms with Crippen molar-refractivity contribution in [1.29, 1.82) is 0 Å². The molecule has 0 aliphatic rings. The number of thiophene rings is 1. The second-order valence-corrected chi connectivity index (χ2v) is 6.43. The van der Waals surface area contributed by atoms with Crippen molar-refractivity contribution in [1.82, 2.24) is 19.9 Å². The number of nitrogens with zero attached hydrogens (tertiary/aromatic N) is 4. The number of hydrogen-bond acceptors (Lipinski definition) is 5. The van der Waals surface area contributed by atoms with Gasteiger partial charge in [0.25, 0.3) is 5.89 Å². The number of aromatic nitrogens is 4. The highest BCUT2D eigenvalue weighted by Crippen LogP contribution is 2.28. The molecule has 7 heteroatoms. The molecule has 5 nitrogen and oxygen atoms in total. The molecule has 0 fully saturated rings. The lowest BCUT2D eigenvalue weighted by molar-refractivity contribution is 0.261. The van der Waals surface area contributed by atoms with Crippen molar-refractivity contribution in [2.45, 2.75) is 19.4 Å². The zero-order valence-electron chi connectivity index (χ0n) is 10.4. The summed E-state index contributed by atoms with van der Waals surface area (Å²) in [5.41, 5.74) is -0.492. The van der Waals surface area contributed by atoms with E-state index >= 15 is 0 Å². The maximum atomic E-state index is 5.39. The molecule has 0 N–H and O–H groups in total. The summed E-state index contributed by atoms with van der Waals surface area (Å²) in [6.45, 7) is 3.97. The van der Waals surface area contributed by atoms with Gasteiger partial charge >= 0.3 is 0 Å². The summed E-state index contributed by atoms with van der Waals surface area (Å²) < 4.78 is 8.10. The first kappa shape index (κ1) is 12.6. The first-order chi connectivity index (χ1) is 9.07. The Morgan fingerprint density at radius 1 is 1.42 bits per heavy atom. The molecule has 0 aliphatic carbocycles. The van der Waals surface area contributed by atoms with E-state index < -0.39 is 5.54 Å². The standard InChI is InChI=1S/C12H11BrN4OS/c1-12(2,17-7-8(13)6-14-17)11-15-10(16-18-11)9-4-3-5-19-9/h3-7H,1-2H3. The summed E-state index contributed by atoms with van der Waals surface area (Å²) in [7, 11) is 0. The third-order valence-corrected chi connectivity index (χ3v) is 4.09. The zero-order valence-corrected chi connectivity index (χ0v) is 12.8. The van der Waals surface area contributed by atoms with Gasteiger partial charge in [0.1, 0.15) is 5.54 Å². The Labute approximate surface area is 122 Å². The van der Waals surface area contributed by atoms with Crippen LogP contribution >= 0.6 is 27.3 Å². The minimum atomic E-state index is -0.492. The SMILES string of the molecule is CC(C)(c1nc(-c2cccs2)no1)n1cc(Br)cn1. The average Bonchev–Trinajstić information content (AvgIpc) is 3.10. The van der Waals surface area contributed by atoms with Gasteiger partial charge in [-0.3, -0.25) is 4.68 Å². The molecule has 0 spiro atoms. The maximum absolute atomic E-state index is 5.39. The Bertz CT molecular complexity index is 686. The first-order valence-corrected chi connectivity index (χ1v) is 7.33. The fourth-order valence-electron chi connectivity index (χ4n) is 1.68. The van der Waals surface area contributed by atoms with Crippen LogP contribution in [0.2, 0.25) is 0 Å². The Hall–Kier alpha value is -1.47. The van der Waals surface area contributed by atoms with E-state index in [0.29, 0.717) is 11.7 Å². The first-order valence-electron chi connectivity index (χ1n) is 5.66. The van der Waals surface area contributed by atoms with Crippen molar-refractivity contribution in [3.63, 3.8) is 0 Å². The molecular formula is C12H11BrN4OS. The molecule has 3 aromatic heterocycles. The van der Waals surface area contributed by atoms with Crippen LogP contribution in [0.4, 0.5) is 0 Å². The third kappa shape index (κ3) is 2.23. The van der Waals surface area contributed by atoms with Crippen LogP contribution in [-0.2, 0) is 5.54 Å². The summed E-state index contributed by atoms with van der Waals surface area (Å²) in [5.74, 6) is 1.15. The minimum Gasteiger partial charge on any atom is -0.336 e. The molecular weight excluding hydrogens is 328 g/mol. The smallest absolute Gasteiger partial charge is 0.254 e. The van der Waals surface area contributed by atoms with Gasteiger partial charge in [0, 0.05) is 6.20 Å². The van der Waals surface area contributed by atoms with Crippen LogP contribution in [0.5, 0.6) is 0 Å². The predicted molar refractivity (Wildman–Crippen MR) is 76.0 cm³/mol. The molecule has 3 heterocycles. The number of hydrogen-bond donors (Lipinski definition) is 0. The van der Waals surface area contributed by atoms with Gasteiger partial charge < -0.3 is 4.52 Å². The number of rotatable bonds is 3. The highest BCUT2D eigenvalue weighted by molar-refractivity contribution is 9.10. The molecule has 98 valence electrons. The molecule has 0 saturated carbocycles. The molecule has 0 atom stereocenters. The molecule has 0 unspecified atom stereocenters. The van der Waals surface area contributed by atoms with Gasteiger partial charge in [-0.15, -0.1) is 11.3 Å². The maximum Gasteiger partial charge on any atom is 0.254 e. The van der Waals surface area contributed by atoms with Crippen LogP contribution < -0.4 is 0 Å². The fourth-order valence-corrected chi connectivity index (χ4v) is 2.62. The van der Waals surface area contributed by atoms with Crippen LogP contribution in [0.25, 0.3) is 10.7 Å². The van der Waals surface area contributed by atoms with Crippen LogP contribution in [0.15, 0.2) is 38.9 Å². The molecule has 0 bridgehead atoms. The van der Waals surface area contributed by atoms with Gasteiger partial charge in [-0.25, -0.2) is 0 Å². The minimum absolute atomic E-state index is 0.492. The van der Waals surface area contributed by atoms with Gasteiger partial charge in [0.05, 0.1) is 15.5 Å². The lowest BCUT2D eigenvalue weighted by Crippen LogP contribution is -2.28. The van der Waals surface area contributed by atoms with Gasteiger partial charge in [-0.1, -0.05) is 11.2 Å². The van der Waals surface area contributed by atoms with Crippen molar-refractivity contribution in [3.8, 4) is 10.7 Å². The van der Waals surface area contributed by atoms with E-state index in [0.717, 1.165) is 9.35 Å². The third-order valence-electron chi connectivity index (χ3n) is 2.81. The van der Waals surface area contributed by atoms with Gasteiger partial charge in [0.2, 0.25) is 5.82 Å². The highest BCUT2D eigenvalue weighted by Gasteiger charge is 2.31. The van der Waals surface area contributed by atoms with E-state index in [9.17, 15) is 0 Å².